The number of hydrogen-bond acceptors (Lipinski definition) is 4. The van der Waals surface area contributed by atoms with Crippen molar-refractivity contribution in [3.63, 3.8) is 0 Å². The summed E-state index contributed by atoms with van der Waals surface area (Å²) in [4.78, 5) is 40.6. The van der Waals surface area contributed by atoms with Gasteiger partial charge < -0.3 is 14.8 Å². The fraction of sp³-hybridized carbons (Fsp3) is 0.333. The molecule has 0 fully saturated rings. The van der Waals surface area contributed by atoms with Crippen molar-refractivity contribution in [2.45, 2.75) is 39.4 Å². The lowest BCUT2D eigenvalue weighted by molar-refractivity contribution is 0.0721. The van der Waals surface area contributed by atoms with E-state index in [1.165, 1.54) is 7.05 Å². The van der Waals surface area contributed by atoms with Gasteiger partial charge >= 0.3 is 0 Å². The Kier molecular flexibility index (Phi) is 6.20. The van der Waals surface area contributed by atoms with E-state index in [1.54, 1.807) is 26.4 Å². The van der Waals surface area contributed by atoms with Crippen molar-refractivity contribution in [1.29, 1.82) is 0 Å². The van der Waals surface area contributed by atoms with Gasteiger partial charge in [-0.3, -0.25) is 19.1 Å². The average Bonchev–Trinajstić information content (AvgIpc) is 3.31. The van der Waals surface area contributed by atoms with Crippen LogP contribution in [-0.4, -0.2) is 44.7 Å². The Balaban J connectivity index is 1.67. The van der Waals surface area contributed by atoms with E-state index in [0.29, 0.717) is 44.7 Å². The zero-order valence-corrected chi connectivity index (χ0v) is 18.4. The maximum absolute atomic E-state index is 13.2. The normalized spacial score (nSPS) is 13.0. The standard InChI is InChI=1S/C24H27N5O3/c1-3-29-20(9-12-26-29)23(31)27-14-11-19-18(15-27)16-28(24(32)21(19)22(30)25-2)13-10-17-7-5-4-6-8-17/h4-9,12,16H,3,10-11,13-15H2,1-2H3,(H,25,30). The number of nitrogens with one attached hydrogen (secondary N) is 1. The van der Waals surface area contributed by atoms with Crippen molar-refractivity contribution in [1.82, 2.24) is 24.6 Å². The van der Waals surface area contributed by atoms with Crippen molar-refractivity contribution in [3.8, 4) is 0 Å². The summed E-state index contributed by atoms with van der Waals surface area (Å²) in [6.45, 7) is 3.79. The predicted octanol–water partition coefficient (Wildman–Crippen LogP) is 1.87. The number of amides is 2. The van der Waals surface area contributed by atoms with Gasteiger partial charge in [0.2, 0.25) is 0 Å². The lowest BCUT2D eigenvalue weighted by Crippen LogP contribution is -2.41. The van der Waals surface area contributed by atoms with Crippen LogP contribution in [0.3, 0.4) is 0 Å². The Morgan fingerprint density at radius 1 is 1.16 bits per heavy atom. The number of aryl methyl sites for hydroxylation is 3. The van der Waals surface area contributed by atoms with E-state index in [4.69, 9.17) is 0 Å². The molecule has 2 aromatic heterocycles. The second-order valence-electron chi connectivity index (χ2n) is 7.83. The topological polar surface area (TPSA) is 89.2 Å². The molecule has 0 saturated heterocycles. The van der Waals surface area contributed by atoms with E-state index in [1.807, 2.05) is 43.5 Å². The zero-order valence-electron chi connectivity index (χ0n) is 18.4. The summed E-state index contributed by atoms with van der Waals surface area (Å²) in [5, 5.41) is 6.79. The highest BCUT2D eigenvalue weighted by atomic mass is 16.2. The third kappa shape index (κ3) is 4.08. The lowest BCUT2D eigenvalue weighted by atomic mass is 9.95. The van der Waals surface area contributed by atoms with Crippen LogP contribution in [0.2, 0.25) is 0 Å². The maximum Gasteiger partial charge on any atom is 0.272 e. The Bertz CT molecular complexity index is 1200. The first-order valence-electron chi connectivity index (χ1n) is 10.9. The number of nitrogens with zero attached hydrogens (tertiary/aromatic N) is 4. The molecular weight excluding hydrogens is 406 g/mol. The van der Waals surface area contributed by atoms with Crippen LogP contribution in [0.1, 0.15) is 44.5 Å². The minimum atomic E-state index is -0.385. The molecule has 2 amide bonds. The van der Waals surface area contributed by atoms with Crippen LogP contribution in [0, 0.1) is 0 Å². The van der Waals surface area contributed by atoms with Crippen LogP contribution in [0.4, 0.5) is 0 Å². The van der Waals surface area contributed by atoms with Gasteiger partial charge in [0.1, 0.15) is 11.3 Å². The van der Waals surface area contributed by atoms with Crippen LogP contribution in [0.15, 0.2) is 53.6 Å². The maximum atomic E-state index is 13.2. The molecule has 8 heteroatoms. The first kappa shape index (κ1) is 21.5. The largest absolute Gasteiger partial charge is 0.355 e. The first-order chi connectivity index (χ1) is 15.5. The molecule has 0 bridgehead atoms. The molecule has 4 rings (SSSR count). The van der Waals surface area contributed by atoms with Crippen LogP contribution < -0.4 is 10.9 Å². The number of carbonyl (C=O) groups excluding carboxylic acids is 2. The Hall–Kier alpha value is -3.68. The number of pyridine rings is 1. The number of fused-ring (bicyclic) bond motifs is 1. The smallest absolute Gasteiger partial charge is 0.272 e. The van der Waals surface area contributed by atoms with Crippen molar-refractivity contribution in [3.05, 3.63) is 87.1 Å². The molecule has 3 aromatic rings. The molecule has 0 radical (unpaired) electrons. The van der Waals surface area contributed by atoms with Crippen LogP contribution in [0.5, 0.6) is 0 Å². The van der Waals surface area contributed by atoms with E-state index in [-0.39, 0.29) is 22.9 Å². The number of rotatable bonds is 6. The van der Waals surface area contributed by atoms with Gasteiger partial charge in [-0.05, 0) is 42.5 Å². The number of aromatic nitrogens is 3. The number of benzene rings is 1. The second-order valence-corrected chi connectivity index (χ2v) is 7.83. The fourth-order valence-corrected chi connectivity index (χ4v) is 4.23. The molecule has 166 valence electrons. The van der Waals surface area contributed by atoms with Crippen molar-refractivity contribution in [2.75, 3.05) is 13.6 Å². The molecular formula is C24H27N5O3. The summed E-state index contributed by atoms with van der Waals surface area (Å²) >= 11 is 0. The van der Waals surface area contributed by atoms with Gasteiger partial charge in [0.05, 0.1) is 0 Å². The summed E-state index contributed by atoms with van der Waals surface area (Å²) in [6, 6.07) is 11.6. The van der Waals surface area contributed by atoms with Gasteiger partial charge in [0.25, 0.3) is 17.4 Å². The summed E-state index contributed by atoms with van der Waals surface area (Å²) < 4.78 is 3.27. The zero-order chi connectivity index (χ0) is 22.7. The molecule has 0 saturated carbocycles. The quantitative estimate of drug-likeness (QED) is 0.643. The summed E-state index contributed by atoms with van der Waals surface area (Å²) in [5.41, 5.74) is 3.12. The van der Waals surface area contributed by atoms with Crippen molar-refractivity contribution >= 4 is 11.8 Å². The average molecular weight is 434 g/mol. The lowest BCUT2D eigenvalue weighted by Gasteiger charge is -2.30. The van der Waals surface area contributed by atoms with Gasteiger partial charge in [-0.25, -0.2) is 0 Å². The summed E-state index contributed by atoms with van der Waals surface area (Å²) in [5.74, 6) is -0.484. The molecule has 32 heavy (non-hydrogen) atoms. The molecule has 0 aliphatic carbocycles. The molecule has 1 aromatic carbocycles. The van der Waals surface area contributed by atoms with E-state index in [0.717, 1.165) is 16.7 Å². The highest BCUT2D eigenvalue weighted by Crippen LogP contribution is 2.22. The molecule has 0 spiro atoms. The van der Waals surface area contributed by atoms with Crippen LogP contribution in [-0.2, 0) is 32.5 Å². The first-order valence-corrected chi connectivity index (χ1v) is 10.9. The summed E-state index contributed by atoms with van der Waals surface area (Å²) in [6.07, 6.45) is 4.56. The minimum absolute atomic E-state index is 0.0986. The van der Waals surface area contributed by atoms with Gasteiger partial charge in [-0.15, -0.1) is 0 Å². The van der Waals surface area contributed by atoms with Crippen molar-refractivity contribution < 1.29 is 9.59 Å². The molecule has 8 nitrogen and oxygen atoms in total. The van der Waals surface area contributed by atoms with Crippen LogP contribution in [0.25, 0.3) is 0 Å². The monoisotopic (exact) mass is 433 g/mol. The Morgan fingerprint density at radius 3 is 2.66 bits per heavy atom. The fourth-order valence-electron chi connectivity index (χ4n) is 4.23. The molecule has 0 atom stereocenters. The van der Waals surface area contributed by atoms with Gasteiger partial charge in [-0.1, -0.05) is 30.3 Å². The highest BCUT2D eigenvalue weighted by Gasteiger charge is 2.29. The molecule has 3 heterocycles. The van der Waals surface area contributed by atoms with Crippen LogP contribution >= 0.6 is 0 Å². The van der Waals surface area contributed by atoms with Gasteiger partial charge in [-0.2, -0.15) is 5.10 Å². The van der Waals surface area contributed by atoms with E-state index in [9.17, 15) is 14.4 Å². The third-order valence-electron chi connectivity index (χ3n) is 5.93. The molecule has 0 unspecified atom stereocenters. The molecule has 1 aliphatic heterocycles. The second kappa shape index (κ2) is 9.21. The third-order valence-corrected chi connectivity index (χ3v) is 5.93. The van der Waals surface area contributed by atoms with Crippen molar-refractivity contribution in [2.24, 2.45) is 0 Å². The van der Waals surface area contributed by atoms with E-state index >= 15 is 0 Å². The Morgan fingerprint density at radius 2 is 1.94 bits per heavy atom. The number of carbonyl (C=O) groups is 2. The minimum Gasteiger partial charge on any atom is -0.355 e. The number of hydrogen-bond donors (Lipinski definition) is 1. The predicted molar refractivity (Wildman–Crippen MR) is 121 cm³/mol. The molecule has 1 aliphatic rings. The SMILES string of the molecule is CCn1nccc1C(=O)N1CCc2c(cn(CCc3ccccc3)c(=O)c2C(=O)NC)C1. The van der Waals surface area contributed by atoms with E-state index < -0.39 is 0 Å². The molecule has 1 N–H and O–H groups in total. The van der Waals surface area contributed by atoms with Gasteiger partial charge in [0, 0.05) is 45.6 Å². The van der Waals surface area contributed by atoms with E-state index in [2.05, 4.69) is 10.4 Å². The Labute approximate surface area is 186 Å². The summed E-state index contributed by atoms with van der Waals surface area (Å²) in [7, 11) is 1.53. The van der Waals surface area contributed by atoms with Gasteiger partial charge in [0.15, 0.2) is 0 Å². The highest BCUT2D eigenvalue weighted by molar-refractivity contribution is 5.96.